The van der Waals surface area contributed by atoms with Gasteiger partial charge in [-0.1, -0.05) is 0 Å². The predicted octanol–water partition coefficient (Wildman–Crippen LogP) is 1.31. The molecule has 2 heterocycles. The quantitative estimate of drug-likeness (QED) is 0.455. The highest BCUT2D eigenvalue weighted by Gasteiger charge is 2.38. The van der Waals surface area contributed by atoms with Gasteiger partial charge in [-0.05, 0) is 17.7 Å². The van der Waals surface area contributed by atoms with E-state index in [1.165, 1.54) is 33.2 Å². The lowest BCUT2D eigenvalue weighted by molar-refractivity contribution is -0.222. The van der Waals surface area contributed by atoms with Crippen LogP contribution in [0.1, 0.15) is 19.4 Å². The smallest absolute Gasteiger partial charge is 0.348 e. The summed E-state index contributed by atoms with van der Waals surface area (Å²) in [6, 6.07) is 3.29. The van der Waals surface area contributed by atoms with E-state index in [0.717, 1.165) is 0 Å². The Morgan fingerprint density at radius 2 is 1.84 bits per heavy atom. The summed E-state index contributed by atoms with van der Waals surface area (Å²) in [7, 11) is 1.50. The minimum absolute atomic E-state index is 0.161. The van der Waals surface area contributed by atoms with Crippen molar-refractivity contribution in [1.82, 2.24) is 4.98 Å². The molecule has 0 aromatic carbocycles. The van der Waals surface area contributed by atoms with E-state index in [2.05, 4.69) is 4.98 Å². The van der Waals surface area contributed by atoms with Gasteiger partial charge in [0.1, 0.15) is 5.57 Å². The molecule has 1 aliphatic rings. The Morgan fingerprint density at radius 3 is 2.32 bits per heavy atom. The van der Waals surface area contributed by atoms with Crippen LogP contribution in [-0.2, 0) is 19.1 Å². The van der Waals surface area contributed by atoms with Gasteiger partial charge in [-0.2, -0.15) is 0 Å². The van der Waals surface area contributed by atoms with Gasteiger partial charge in [-0.3, -0.25) is 0 Å². The van der Waals surface area contributed by atoms with Gasteiger partial charge in [0.2, 0.25) is 5.88 Å². The lowest BCUT2D eigenvalue weighted by atomic mass is 10.1. The van der Waals surface area contributed by atoms with Crippen LogP contribution in [0.3, 0.4) is 0 Å². The number of carbonyl (C=O) groups excluding carboxylic acids is 2. The summed E-state index contributed by atoms with van der Waals surface area (Å²) in [6.07, 6.45) is 2.85. The van der Waals surface area contributed by atoms with Crippen molar-refractivity contribution in [2.45, 2.75) is 19.6 Å². The van der Waals surface area contributed by atoms with Crippen LogP contribution in [0.4, 0.5) is 0 Å². The number of methoxy groups -OCH3 is 1. The predicted molar refractivity (Wildman–Crippen MR) is 65.0 cm³/mol. The summed E-state index contributed by atoms with van der Waals surface area (Å²) in [5.74, 6) is -2.21. The average molecular weight is 263 g/mol. The molecule has 1 aromatic heterocycles. The molecule has 0 unspecified atom stereocenters. The number of hydrogen-bond acceptors (Lipinski definition) is 6. The normalized spacial score (nSPS) is 17.5. The highest BCUT2D eigenvalue weighted by molar-refractivity contribution is 6.18. The molecular weight excluding hydrogens is 250 g/mol. The van der Waals surface area contributed by atoms with Crippen LogP contribution < -0.4 is 4.74 Å². The second-order valence-electron chi connectivity index (χ2n) is 4.37. The van der Waals surface area contributed by atoms with Crippen LogP contribution >= 0.6 is 0 Å². The molecule has 0 atom stereocenters. The van der Waals surface area contributed by atoms with Crippen molar-refractivity contribution in [3.63, 3.8) is 0 Å². The number of aromatic nitrogens is 1. The number of carbonyl (C=O) groups is 2. The Kier molecular flexibility index (Phi) is 3.25. The molecule has 0 saturated carbocycles. The maximum Gasteiger partial charge on any atom is 0.348 e. The Balaban J connectivity index is 2.27. The van der Waals surface area contributed by atoms with E-state index in [-0.39, 0.29) is 5.57 Å². The Labute approximate surface area is 110 Å². The molecule has 0 spiro atoms. The zero-order valence-electron chi connectivity index (χ0n) is 10.8. The summed E-state index contributed by atoms with van der Waals surface area (Å²) >= 11 is 0. The van der Waals surface area contributed by atoms with E-state index in [9.17, 15) is 9.59 Å². The molecular formula is C13H13NO5. The maximum absolute atomic E-state index is 11.7. The third-order valence-corrected chi connectivity index (χ3v) is 2.40. The standard InChI is InChI=1S/C13H13NO5/c1-13(2)18-11(15)9(12(16)19-13)6-8-4-5-10(17-3)14-7-8/h4-7H,1-3H3. The van der Waals surface area contributed by atoms with Gasteiger partial charge in [0.05, 0.1) is 7.11 Å². The summed E-state index contributed by atoms with van der Waals surface area (Å²) in [6.45, 7) is 2.99. The molecule has 0 amide bonds. The van der Waals surface area contributed by atoms with Crippen molar-refractivity contribution in [3.05, 3.63) is 29.5 Å². The third kappa shape index (κ3) is 2.90. The second-order valence-corrected chi connectivity index (χ2v) is 4.37. The molecule has 1 fully saturated rings. The van der Waals surface area contributed by atoms with E-state index in [0.29, 0.717) is 11.4 Å². The molecule has 0 aliphatic carbocycles. The molecule has 0 radical (unpaired) electrons. The van der Waals surface area contributed by atoms with E-state index in [1.54, 1.807) is 12.1 Å². The van der Waals surface area contributed by atoms with Crippen molar-refractivity contribution in [3.8, 4) is 5.88 Å². The van der Waals surface area contributed by atoms with E-state index < -0.39 is 17.7 Å². The van der Waals surface area contributed by atoms with Crippen molar-refractivity contribution in [1.29, 1.82) is 0 Å². The molecule has 1 saturated heterocycles. The van der Waals surface area contributed by atoms with Crippen molar-refractivity contribution >= 4 is 18.0 Å². The van der Waals surface area contributed by atoms with Gasteiger partial charge in [0, 0.05) is 26.1 Å². The van der Waals surface area contributed by atoms with Gasteiger partial charge in [0.25, 0.3) is 5.79 Å². The monoisotopic (exact) mass is 263 g/mol. The number of ether oxygens (including phenoxy) is 3. The van der Waals surface area contributed by atoms with E-state index in [1.807, 2.05) is 0 Å². The molecule has 1 aliphatic heterocycles. The van der Waals surface area contributed by atoms with Crippen LogP contribution in [-0.4, -0.2) is 29.8 Å². The first-order valence-corrected chi connectivity index (χ1v) is 5.60. The fourth-order valence-corrected chi connectivity index (χ4v) is 1.54. The molecule has 100 valence electrons. The van der Waals surface area contributed by atoms with Crippen LogP contribution in [0.15, 0.2) is 23.9 Å². The number of hydrogen-bond donors (Lipinski definition) is 0. The summed E-state index contributed by atoms with van der Waals surface area (Å²) in [4.78, 5) is 27.4. The minimum atomic E-state index is -1.23. The molecule has 0 N–H and O–H groups in total. The Morgan fingerprint density at radius 1 is 1.21 bits per heavy atom. The summed E-state index contributed by atoms with van der Waals surface area (Å²) < 4.78 is 14.9. The first-order chi connectivity index (χ1) is 8.91. The second kappa shape index (κ2) is 4.72. The van der Waals surface area contributed by atoms with E-state index in [4.69, 9.17) is 14.2 Å². The van der Waals surface area contributed by atoms with Crippen molar-refractivity contribution in [2.24, 2.45) is 0 Å². The fourth-order valence-electron chi connectivity index (χ4n) is 1.54. The van der Waals surface area contributed by atoms with Gasteiger partial charge in [0.15, 0.2) is 0 Å². The number of esters is 2. The number of pyridine rings is 1. The highest BCUT2D eigenvalue weighted by Crippen LogP contribution is 2.24. The number of rotatable bonds is 2. The van der Waals surface area contributed by atoms with Crippen LogP contribution in [0.5, 0.6) is 5.88 Å². The first kappa shape index (κ1) is 13.1. The van der Waals surface area contributed by atoms with Crippen LogP contribution in [0.2, 0.25) is 0 Å². The minimum Gasteiger partial charge on any atom is -0.481 e. The van der Waals surface area contributed by atoms with E-state index >= 15 is 0 Å². The van der Waals surface area contributed by atoms with Gasteiger partial charge in [-0.15, -0.1) is 0 Å². The number of cyclic esters (lactones) is 2. The lowest BCUT2D eigenvalue weighted by Gasteiger charge is -2.29. The topological polar surface area (TPSA) is 74.7 Å². The summed E-state index contributed by atoms with van der Waals surface area (Å²) in [5.41, 5.74) is 0.413. The average Bonchev–Trinajstić information content (AvgIpc) is 2.33. The van der Waals surface area contributed by atoms with Crippen molar-refractivity contribution < 1.29 is 23.8 Å². The third-order valence-electron chi connectivity index (χ3n) is 2.40. The largest absolute Gasteiger partial charge is 0.481 e. The fraction of sp³-hybridized carbons (Fsp3) is 0.308. The molecule has 19 heavy (non-hydrogen) atoms. The zero-order valence-corrected chi connectivity index (χ0v) is 10.8. The summed E-state index contributed by atoms with van der Waals surface area (Å²) in [5, 5.41) is 0. The van der Waals surface area contributed by atoms with Gasteiger partial charge >= 0.3 is 11.9 Å². The van der Waals surface area contributed by atoms with Gasteiger partial charge < -0.3 is 14.2 Å². The Bertz CT molecular complexity index is 523. The zero-order chi connectivity index (χ0) is 14.0. The molecule has 6 heteroatoms. The van der Waals surface area contributed by atoms with Crippen molar-refractivity contribution in [2.75, 3.05) is 7.11 Å². The van der Waals surface area contributed by atoms with Gasteiger partial charge in [-0.25, -0.2) is 14.6 Å². The number of nitrogens with zero attached hydrogens (tertiary/aromatic N) is 1. The maximum atomic E-state index is 11.7. The highest BCUT2D eigenvalue weighted by atomic mass is 16.7. The lowest BCUT2D eigenvalue weighted by Crippen LogP contribution is -2.41. The molecule has 6 nitrogen and oxygen atoms in total. The Hall–Kier alpha value is -2.37. The SMILES string of the molecule is COc1ccc(C=C2C(=O)OC(C)(C)OC2=O)cn1. The van der Waals surface area contributed by atoms with Crippen LogP contribution in [0, 0.1) is 0 Å². The molecule has 1 aromatic rings. The first-order valence-electron chi connectivity index (χ1n) is 5.60. The molecule has 2 rings (SSSR count). The molecule has 0 bridgehead atoms. The van der Waals surface area contributed by atoms with Crippen LogP contribution in [0.25, 0.3) is 6.08 Å².